The first-order valence-corrected chi connectivity index (χ1v) is 8.03. The maximum Gasteiger partial charge on any atom is 0.319 e. The zero-order valence-electron chi connectivity index (χ0n) is 13.2. The second-order valence-electron chi connectivity index (χ2n) is 6.62. The molecule has 0 bridgehead atoms. The van der Waals surface area contributed by atoms with Crippen LogP contribution in [0.4, 0.5) is 0 Å². The first kappa shape index (κ1) is 15.8. The molecule has 1 saturated heterocycles. The summed E-state index contributed by atoms with van der Waals surface area (Å²) in [5, 5.41) is 0. The van der Waals surface area contributed by atoms with Gasteiger partial charge in [0.1, 0.15) is 0 Å². The zero-order chi connectivity index (χ0) is 14.6. The van der Waals surface area contributed by atoms with E-state index >= 15 is 0 Å². The molecule has 20 heavy (non-hydrogen) atoms. The summed E-state index contributed by atoms with van der Waals surface area (Å²) >= 11 is 0. The smallest absolute Gasteiger partial charge is 0.319 e. The molecule has 1 heterocycles. The number of methoxy groups -OCH3 is 1. The number of carbonyl (C=O) groups excluding carboxylic acids is 1. The van der Waals surface area contributed by atoms with Crippen molar-refractivity contribution in [2.45, 2.75) is 76.5 Å². The van der Waals surface area contributed by atoms with Crippen molar-refractivity contribution < 1.29 is 14.3 Å². The summed E-state index contributed by atoms with van der Waals surface area (Å²) in [4.78, 5) is 13.7. The molecule has 1 aliphatic heterocycles. The average molecular weight is 283 g/mol. The van der Waals surface area contributed by atoms with Gasteiger partial charge in [-0.2, -0.15) is 0 Å². The highest BCUT2D eigenvalue weighted by molar-refractivity contribution is 5.71. The lowest BCUT2D eigenvalue weighted by atomic mass is 9.83. The van der Waals surface area contributed by atoms with Crippen LogP contribution in [-0.4, -0.2) is 48.8 Å². The molecule has 0 amide bonds. The summed E-state index contributed by atoms with van der Waals surface area (Å²) in [6.07, 6.45) is 9.03. The Kier molecular flexibility index (Phi) is 5.44. The van der Waals surface area contributed by atoms with Gasteiger partial charge in [0, 0.05) is 12.6 Å². The zero-order valence-corrected chi connectivity index (χ0v) is 13.2. The van der Waals surface area contributed by atoms with Gasteiger partial charge in [0.25, 0.3) is 0 Å². The molecule has 1 unspecified atom stereocenters. The van der Waals surface area contributed by atoms with Crippen LogP contribution in [0.3, 0.4) is 0 Å². The van der Waals surface area contributed by atoms with Gasteiger partial charge in [-0.25, -0.2) is 0 Å². The average Bonchev–Trinajstić information content (AvgIpc) is 2.81. The summed E-state index contributed by atoms with van der Waals surface area (Å²) in [5.41, 5.74) is 0.164. The minimum atomic E-state index is -0.163. The van der Waals surface area contributed by atoms with Crippen molar-refractivity contribution in [1.29, 1.82) is 0 Å². The van der Waals surface area contributed by atoms with Gasteiger partial charge in [0.2, 0.25) is 0 Å². The highest BCUT2D eigenvalue weighted by Crippen LogP contribution is 2.42. The Morgan fingerprint density at radius 1 is 1.30 bits per heavy atom. The van der Waals surface area contributed by atoms with E-state index in [1.807, 2.05) is 0 Å². The van der Waals surface area contributed by atoms with Gasteiger partial charge < -0.3 is 9.47 Å². The van der Waals surface area contributed by atoms with Gasteiger partial charge in [-0.05, 0) is 39.5 Å². The van der Waals surface area contributed by atoms with Crippen molar-refractivity contribution in [2.24, 2.45) is 0 Å². The number of ether oxygens (including phenoxy) is 2. The van der Waals surface area contributed by atoms with Crippen molar-refractivity contribution in [3.05, 3.63) is 0 Å². The van der Waals surface area contributed by atoms with E-state index in [-0.39, 0.29) is 17.7 Å². The van der Waals surface area contributed by atoms with Crippen LogP contribution in [0, 0.1) is 0 Å². The Bertz CT molecular complexity index is 324. The van der Waals surface area contributed by atoms with E-state index in [0.29, 0.717) is 12.6 Å². The third kappa shape index (κ3) is 3.95. The number of esters is 1. The number of hydrogen-bond acceptors (Lipinski definition) is 4. The maximum atomic E-state index is 11.5. The lowest BCUT2D eigenvalue weighted by Gasteiger charge is -2.34. The maximum absolute atomic E-state index is 11.5. The van der Waals surface area contributed by atoms with Gasteiger partial charge in [-0.1, -0.05) is 19.3 Å². The lowest BCUT2D eigenvalue weighted by Crippen LogP contribution is -2.42. The van der Waals surface area contributed by atoms with Crippen LogP contribution in [0.25, 0.3) is 0 Å². The van der Waals surface area contributed by atoms with Gasteiger partial charge in [-0.15, -0.1) is 0 Å². The van der Waals surface area contributed by atoms with E-state index in [1.54, 1.807) is 0 Å². The minimum absolute atomic E-state index is 0.163. The molecule has 116 valence electrons. The molecule has 0 aromatic heterocycles. The van der Waals surface area contributed by atoms with Gasteiger partial charge >= 0.3 is 5.97 Å². The number of hydrogen-bond donors (Lipinski definition) is 0. The molecular formula is C16H29NO3. The lowest BCUT2D eigenvalue weighted by molar-refractivity contribution is -0.143. The number of nitrogens with zero attached hydrogens (tertiary/aromatic N) is 1. The Balaban J connectivity index is 1.86. The Morgan fingerprint density at radius 2 is 2.00 bits per heavy atom. The largest absolute Gasteiger partial charge is 0.468 e. The fraction of sp³-hybridized carbons (Fsp3) is 0.938. The Hall–Kier alpha value is -0.610. The van der Waals surface area contributed by atoms with Crippen LogP contribution in [0.2, 0.25) is 0 Å². The molecule has 2 rings (SSSR count). The van der Waals surface area contributed by atoms with Crippen LogP contribution in [0.15, 0.2) is 0 Å². The molecule has 2 aliphatic rings. The predicted molar refractivity (Wildman–Crippen MR) is 78.6 cm³/mol. The van der Waals surface area contributed by atoms with Gasteiger partial charge in [0.15, 0.2) is 0 Å². The third-order valence-corrected chi connectivity index (χ3v) is 4.83. The number of rotatable bonds is 5. The molecule has 1 saturated carbocycles. The normalized spacial score (nSPS) is 25.6. The second-order valence-corrected chi connectivity index (χ2v) is 6.62. The van der Waals surface area contributed by atoms with Crippen molar-refractivity contribution in [3.63, 3.8) is 0 Å². The van der Waals surface area contributed by atoms with E-state index in [2.05, 4.69) is 18.7 Å². The Labute approximate surface area is 122 Å². The molecule has 4 heteroatoms. The molecule has 0 radical (unpaired) electrons. The fourth-order valence-electron chi connectivity index (χ4n) is 3.54. The fourth-order valence-corrected chi connectivity index (χ4v) is 3.54. The highest BCUT2D eigenvalue weighted by Gasteiger charge is 2.41. The summed E-state index contributed by atoms with van der Waals surface area (Å²) in [5.74, 6) is -0.163. The van der Waals surface area contributed by atoms with Gasteiger partial charge in [0.05, 0.1) is 25.4 Å². The number of carbonyl (C=O) groups is 1. The quantitative estimate of drug-likeness (QED) is 0.727. The van der Waals surface area contributed by atoms with E-state index in [1.165, 1.54) is 45.6 Å². The Morgan fingerprint density at radius 3 is 2.60 bits per heavy atom. The van der Waals surface area contributed by atoms with Crippen LogP contribution in [-0.2, 0) is 14.3 Å². The van der Waals surface area contributed by atoms with Crippen LogP contribution < -0.4 is 0 Å². The summed E-state index contributed by atoms with van der Waals surface area (Å²) in [6, 6.07) is 0.334. The van der Waals surface area contributed by atoms with Gasteiger partial charge in [-0.3, -0.25) is 9.69 Å². The molecular weight excluding hydrogens is 254 g/mol. The van der Waals surface area contributed by atoms with E-state index < -0.39 is 0 Å². The second kappa shape index (κ2) is 6.90. The summed E-state index contributed by atoms with van der Waals surface area (Å²) in [6.45, 7) is 5.44. The van der Waals surface area contributed by atoms with Crippen LogP contribution in [0.5, 0.6) is 0 Å². The van der Waals surface area contributed by atoms with Crippen molar-refractivity contribution in [2.75, 3.05) is 20.2 Å². The molecule has 0 aromatic carbocycles. The van der Waals surface area contributed by atoms with Crippen LogP contribution in [0.1, 0.15) is 58.8 Å². The molecule has 1 aliphatic carbocycles. The molecule has 0 aromatic rings. The highest BCUT2D eigenvalue weighted by atomic mass is 16.5. The third-order valence-electron chi connectivity index (χ3n) is 4.83. The monoisotopic (exact) mass is 283 g/mol. The standard InChI is InChI=1S/C16H29NO3/c1-13(2)17(12-15(18)19-3)11-14-7-10-16(20-14)8-5-4-6-9-16/h13-14H,4-12H2,1-3H3. The van der Waals surface area contributed by atoms with E-state index in [0.717, 1.165) is 13.0 Å². The topological polar surface area (TPSA) is 38.8 Å². The first-order chi connectivity index (χ1) is 9.54. The molecule has 1 atom stereocenters. The molecule has 0 N–H and O–H groups in total. The molecule has 4 nitrogen and oxygen atoms in total. The van der Waals surface area contributed by atoms with E-state index in [4.69, 9.17) is 9.47 Å². The van der Waals surface area contributed by atoms with Crippen molar-refractivity contribution >= 4 is 5.97 Å². The van der Waals surface area contributed by atoms with Crippen molar-refractivity contribution in [1.82, 2.24) is 4.90 Å². The van der Waals surface area contributed by atoms with Crippen molar-refractivity contribution in [3.8, 4) is 0 Å². The minimum Gasteiger partial charge on any atom is -0.468 e. The molecule has 2 fully saturated rings. The molecule has 1 spiro atoms. The van der Waals surface area contributed by atoms with E-state index in [9.17, 15) is 4.79 Å². The summed E-state index contributed by atoms with van der Waals surface area (Å²) < 4.78 is 11.2. The SMILES string of the molecule is COC(=O)CN(CC1CCC2(CCCCC2)O1)C(C)C. The summed E-state index contributed by atoms with van der Waals surface area (Å²) in [7, 11) is 1.45. The predicted octanol–water partition coefficient (Wildman–Crippen LogP) is 2.75. The first-order valence-electron chi connectivity index (χ1n) is 8.03. The van der Waals surface area contributed by atoms with Crippen LogP contribution >= 0.6 is 0 Å².